The SMILES string of the molecule is COC(=O)CN[C@H](C)[C@H](CCc1ccccc1)c1ccc(Oc2ccccc2)cc1. The van der Waals surface area contributed by atoms with Gasteiger partial charge in [-0.1, -0.05) is 60.7 Å². The molecule has 0 unspecified atom stereocenters. The minimum Gasteiger partial charge on any atom is -0.468 e. The number of benzene rings is 3. The molecule has 0 heterocycles. The van der Waals surface area contributed by atoms with E-state index in [0.717, 1.165) is 24.3 Å². The molecule has 0 spiro atoms. The zero-order chi connectivity index (χ0) is 21.2. The Labute approximate surface area is 178 Å². The summed E-state index contributed by atoms with van der Waals surface area (Å²) < 4.78 is 10.7. The van der Waals surface area contributed by atoms with Crippen LogP contribution in [0.5, 0.6) is 11.5 Å². The number of hydrogen-bond acceptors (Lipinski definition) is 4. The minimum atomic E-state index is -0.254. The standard InChI is InChI=1S/C26H29NO3/c1-20(27-19-26(28)29-2)25(18-13-21-9-5-3-6-10-21)22-14-16-24(17-15-22)30-23-11-7-4-8-12-23/h3-12,14-17,20,25,27H,13,18-19H2,1-2H3/t20-,25+/m1/s1. The second-order valence-electron chi connectivity index (χ2n) is 7.36. The fourth-order valence-electron chi connectivity index (χ4n) is 3.54. The van der Waals surface area contributed by atoms with Crippen LogP contribution < -0.4 is 10.1 Å². The van der Waals surface area contributed by atoms with Gasteiger partial charge in [0.15, 0.2) is 0 Å². The zero-order valence-electron chi connectivity index (χ0n) is 17.6. The van der Waals surface area contributed by atoms with Crippen molar-refractivity contribution >= 4 is 5.97 Å². The third kappa shape index (κ3) is 6.46. The molecular weight excluding hydrogens is 374 g/mol. The molecule has 30 heavy (non-hydrogen) atoms. The van der Waals surface area contributed by atoms with E-state index in [2.05, 4.69) is 48.6 Å². The van der Waals surface area contributed by atoms with Gasteiger partial charge in [0.1, 0.15) is 11.5 Å². The number of hydrogen-bond donors (Lipinski definition) is 1. The Kier molecular flexibility index (Phi) is 8.04. The van der Waals surface area contributed by atoms with Crippen molar-refractivity contribution in [1.29, 1.82) is 0 Å². The summed E-state index contributed by atoms with van der Waals surface area (Å²) in [5.74, 6) is 1.62. The quantitative estimate of drug-likeness (QED) is 0.464. The number of para-hydroxylation sites is 1. The summed E-state index contributed by atoms with van der Waals surface area (Å²) in [6, 6.07) is 28.6. The van der Waals surface area contributed by atoms with Crippen molar-refractivity contribution in [3.05, 3.63) is 96.1 Å². The van der Waals surface area contributed by atoms with Crippen LogP contribution in [-0.2, 0) is 16.0 Å². The lowest BCUT2D eigenvalue weighted by Crippen LogP contribution is -2.36. The normalized spacial score (nSPS) is 12.7. The summed E-state index contributed by atoms with van der Waals surface area (Å²) in [4.78, 5) is 11.6. The number of esters is 1. The Bertz CT molecular complexity index is 895. The van der Waals surface area contributed by atoms with E-state index in [0.29, 0.717) is 0 Å². The molecule has 4 nitrogen and oxygen atoms in total. The van der Waals surface area contributed by atoms with Crippen LogP contribution in [0.2, 0.25) is 0 Å². The largest absolute Gasteiger partial charge is 0.468 e. The van der Waals surface area contributed by atoms with Crippen LogP contribution in [0.3, 0.4) is 0 Å². The molecule has 2 atom stereocenters. The maximum absolute atomic E-state index is 11.6. The maximum atomic E-state index is 11.6. The molecule has 0 amide bonds. The van der Waals surface area contributed by atoms with Crippen molar-refractivity contribution in [2.45, 2.75) is 31.7 Å². The number of carbonyl (C=O) groups excluding carboxylic acids is 1. The van der Waals surface area contributed by atoms with Crippen LogP contribution in [0, 0.1) is 0 Å². The lowest BCUT2D eigenvalue weighted by Gasteiger charge is -2.25. The summed E-state index contributed by atoms with van der Waals surface area (Å²) in [6.07, 6.45) is 1.94. The first-order valence-corrected chi connectivity index (χ1v) is 10.3. The lowest BCUT2D eigenvalue weighted by atomic mass is 9.87. The van der Waals surface area contributed by atoms with E-state index in [4.69, 9.17) is 9.47 Å². The number of rotatable bonds is 10. The Morgan fingerprint density at radius 3 is 2.10 bits per heavy atom. The molecule has 0 fully saturated rings. The molecule has 0 radical (unpaired) electrons. The van der Waals surface area contributed by atoms with Crippen molar-refractivity contribution in [3.8, 4) is 11.5 Å². The predicted molar refractivity (Wildman–Crippen MR) is 120 cm³/mol. The summed E-state index contributed by atoms with van der Waals surface area (Å²) in [5, 5.41) is 3.32. The second-order valence-corrected chi connectivity index (χ2v) is 7.36. The highest BCUT2D eigenvalue weighted by Crippen LogP contribution is 2.29. The van der Waals surface area contributed by atoms with Crippen molar-refractivity contribution in [1.82, 2.24) is 5.32 Å². The smallest absolute Gasteiger partial charge is 0.319 e. The van der Waals surface area contributed by atoms with Gasteiger partial charge in [-0.2, -0.15) is 0 Å². The molecule has 0 aliphatic heterocycles. The van der Waals surface area contributed by atoms with Gasteiger partial charge in [0.05, 0.1) is 13.7 Å². The van der Waals surface area contributed by atoms with E-state index in [9.17, 15) is 4.79 Å². The van der Waals surface area contributed by atoms with E-state index in [-0.39, 0.29) is 24.5 Å². The van der Waals surface area contributed by atoms with Crippen LogP contribution in [0.25, 0.3) is 0 Å². The molecule has 0 bridgehead atoms. The highest BCUT2D eigenvalue weighted by atomic mass is 16.5. The Hall–Kier alpha value is -3.11. The number of aryl methyl sites for hydroxylation is 1. The number of carbonyl (C=O) groups is 1. The Morgan fingerprint density at radius 2 is 1.47 bits per heavy atom. The molecule has 3 aromatic carbocycles. The fraction of sp³-hybridized carbons (Fsp3) is 0.269. The highest BCUT2D eigenvalue weighted by Gasteiger charge is 2.20. The molecule has 3 rings (SSSR count). The van der Waals surface area contributed by atoms with Crippen LogP contribution in [-0.4, -0.2) is 25.7 Å². The van der Waals surface area contributed by atoms with Gasteiger partial charge < -0.3 is 14.8 Å². The lowest BCUT2D eigenvalue weighted by molar-refractivity contribution is -0.139. The molecule has 0 saturated carbocycles. The van der Waals surface area contributed by atoms with E-state index >= 15 is 0 Å². The minimum absolute atomic E-state index is 0.119. The molecular formula is C26H29NO3. The molecule has 156 valence electrons. The molecule has 3 aromatic rings. The van der Waals surface area contributed by atoms with Crippen LogP contribution >= 0.6 is 0 Å². The first-order valence-electron chi connectivity index (χ1n) is 10.3. The van der Waals surface area contributed by atoms with Gasteiger partial charge >= 0.3 is 5.97 Å². The molecule has 0 aromatic heterocycles. The predicted octanol–water partition coefficient (Wildman–Crippen LogP) is 5.35. The summed E-state index contributed by atoms with van der Waals surface area (Å²) in [5.41, 5.74) is 2.53. The Morgan fingerprint density at radius 1 is 0.867 bits per heavy atom. The van der Waals surface area contributed by atoms with Gasteiger partial charge in [-0.05, 0) is 61.1 Å². The van der Waals surface area contributed by atoms with Gasteiger partial charge in [-0.15, -0.1) is 0 Å². The Balaban J connectivity index is 1.71. The molecule has 0 aliphatic rings. The van der Waals surface area contributed by atoms with Gasteiger partial charge in [0.25, 0.3) is 0 Å². The third-order valence-corrected chi connectivity index (χ3v) is 5.27. The molecule has 4 heteroatoms. The first kappa shape index (κ1) is 21.6. The van der Waals surface area contributed by atoms with Gasteiger partial charge in [0, 0.05) is 6.04 Å². The molecule has 0 aliphatic carbocycles. The number of nitrogens with one attached hydrogen (secondary N) is 1. The van der Waals surface area contributed by atoms with Crippen LogP contribution in [0.15, 0.2) is 84.9 Å². The highest BCUT2D eigenvalue weighted by molar-refractivity contribution is 5.71. The van der Waals surface area contributed by atoms with Crippen molar-refractivity contribution < 1.29 is 14.3 Å². The van der Waals surface area contributed by atoms with E-state index in [1.807, 2.05) is 48.5 Å². The van der Waals surface area contributed by atoms with E-state index in [1.165, 1.54) is 18.2 Å². The van der Waals surface area contributed by atoms with E-state index in [1.54, 1.807) is 0 Å². The third-order valence-electron chi connectivity index (χ3n) is 5.27. The fourth-order valence-corrected chi connectivity index (χ4v) is 3.54. The van der Waals surface area contributed by atoms with Crippen molar-refractivity contribution in [3.63, 3.8) is 0 Å². The van der Waals surface area contributed by atoms with Crippen LogP contribution in [0.1, 0.15) is 30.4 Å². The zero-order valence-corrected chi connectivity index (χ0v) is 17.6. The maximum Gasteiger partial charge on any atom is 0.319 e. The topological polar surface area (TPSA) is 47.6 Å². The van der Waals surface area contributed by atoms with Gasteiger partial charge in [-0.3, -0.25) is 4.79 Å². The van der Waals surface area contributed by atoms with Crippen molar-refractivity contribution in [2.75, 3.05) is 13.7 Å². The molecule has 1 N–H and O–H groups in total. The van der Waals surface area contributed by atoms with Crippen molar-refractivity contribution in [2.24, 2.45) is 0 Å². The summed E-state index contributed by atoms with van der Waals surface area (Å²) in [7, 11) is 1.41. The van der Waals surface area contributed by atoms with Crippen LogP contribution in [0.4, 0.5) is 0 Å². The summed E-state index contributed by atoms with van der Waals surface area (Å²) in [6.45, 7) is 2.32. The summed E-state index contributed by atoms with van der Waals surface area (Å²) >= 11 is 0. The number of methoxy groups -OCH3 is 1. The van der Waals surface area contributed by atoms with E-state index < -0.39 is 0 Å². The number of ether oxygens (including phenoxy) is 2. The van der Waals surface area contributed by atoms with Gasteiger partial charge in [0.2, 0.25) is 0 Å². The monoisotopic (exact) mass is 403 g/mol. The average Bonchev–Trinajstić information content (AvgIpc) is 2.80. The second kappa shape index (κ2) is 11.2. The first-order chi connectivity index (χ1) is 14.7. The average molecular weight is 404 g/mol. The van der Waals surface area contributed by atoms with Gasteiger partial charge in [-0.25, -0.2) is 0 Å². The molecule has 0 saturated heterocycles.